The molecular formula is C9H16ClNO3. The quantitative estimate of drug-likeness (QED) is 0.650. The highest BCUT2D eigenvalue weighted by Crippen LogP contribution is 2.30. The standard InChI is InChI=1S/C9H16ClNO3/c10-5-8(14)11-3-1-9(6-12,7-13)2-4-11/h12-13H,1-7H2. The topological polar surface area (TPSA) is 60.8 Å². The summed E-state index contributed by atoms with van der Waals surface area (Å²) in [5.74, 6) is -0.0678. The zero-order chi connectivity index (χ0) is 10.6. The van der Waals surface area contributed by atoms with Crippen LogP contribution in [-0.4, -0.2) is 53.2 Å². The number of nitrogens with zero attached hydrogens (tertiary/aromatic N) is 1. The van der Waals surface area contributed by atoms with Gasteiger partial charge in [-0.05, 0) is 12.8 Å². The van der Waals surface area contributed by atoms with Gasteiger partial charge in [-0.1, -0.05) is 0 Å². The fraction of sp³-hybridized carbons (Fsp3) is 0.889. The van der Waals surface area contributed by atoms with Crippen LogP contribution in [0.2, 0.25) is 0 Å². The number of hydrogen-bond acceptors (Lipinski definition) is 3. The van der Waals surface area contributed by atoms with Crippen LogP contribution in [0.5, 0.6) is 0 Å². The molecule has 1 aliphatic heterocycles. The maximum Gasteiger partial charge on any atom is 0.237 e. The minimum Gasteiger partial charge on any atom is -0.396 e. The lowest BCUT2D eigenvalue weighted by atomic mass is 9.80. The molecule has 0 atom stereocenters. The molecule has 0 radical (unpaired) electrons. The third-order valence-electron chi connectivity index (χ3n) is 2.96. The fourth-order valence-corrected chi connectivity index (χ4v) is 1.85. The van der Waals surface area contributed by atoms with Crippen LogP contribution in [0.25, 0.3) is 0 Å². The van der Waals surface area contributed by atoms with Crippen LogP contribution >= 0.6 is 11.6 Å². The minimum atomic E-state index is -0.400. The van der Waals surface area contributed by atoms with Crippen LogP contribution in [0.15, 0.2) is 0 Å². The van der Waals surface area contributed by atoms with E-state index in [9.17, 15) is 4.79 Å². The molecule has 0 aromatic rings. The van der Waals surface area contributed by atoms with Crippen LogP contribution in [0.1, 0.15) is 12.8 Å². The van der Waals surface area contributed by atoms with E-state index in [1.54, 1.807) is 4.90 Å². The summed E-state index contributed by atoms with van der Waals surface area (Å²) in [6, 6.07) is 0. The Morgan fingerprint density at radius 1 is 1.29 bits per heavy atom. The lowest BCUT2D eigenvalue weighted by Gasteiger charge is -2.39. The van der Waals surface area contributed by atoms with Crippen LogP contribution in [0, 0.1) is 5.41 Å². The number of carbonyl (C=O) groups is 1. The number of alkyl halides is 1. The second-order valence-corrected chi connectivity index (χ2v) is 4.10. The first-order valence-corrected chi connectivity index (χ1v) is 5.26. The monoisotopic (exact) mass is 221 g/mol. The van der Waals surface area contributed by atoms with Crippen molar-refractivity contribution >= 4 is 17.5 Å². The molecule has 14 heavy (non-hydrogen) atoms. The first-order chi connectivity index (χ1) is 6.67. The van der Waals surface area contributed by atoms with E-state index >= 15 is 0 Å². The summed E-state index contributed by atoms with van der Waals surface area (Å²) < 4.78 is 0. The molecule has 0 aromatic carbocycles. The van der Waals surface area contributed by atoms with E-state index in [4.69, 9.17) is 21.8 Å². The average Bonchev–Trinajstić information content (AvgIpc) is 2.28. The van der Waals surface area contributed by atoms with Gasteiger partial charge in [-0.3, -0.25) is 4.79 Å². The van der Waals surface area contributed by atoms with Gasteiger partial charge in [0.25, 0.3) is 0 Å². The number of piperidine rings is 1. The summed E-state index contributed by atoms with van der Waals surface area (Å²) >= 11 is 5.43. The average molecular weight is 222 g/mol. The highest BCUT2D eigenvalue weighted by molar-refractivity contribution is 6.27. The van der Waals surface area contributed by atoms with Crippen molar-refractivity contribution in [2.45, 2.75) is 12.8 Å². The Morgan fingerprint density at radius 2 is 1.79 bits per heavy atom. The SMILES string of the molecule is O=C(CCl)N1CCC(CO)(CO)CC1. The van der Waals surface area contributed by atoms with Crippen molar-refractivity contribution in [1.82, 2.24) is 4.90 Å². The molecule has 1 amide bonds. The number of halogens is 1. The van der Waals surface area contributed by atoms with Gasteiger partial charge in [0.15, 0.2) is 0 Å². The number of aliphatic hydroxyl groups excluding tert-OH is 2. The zero-order valence-electron chi connectivity index (χ0n) is 8.08. The van der Waals surface area contributed by atoms with Gasteiger partial charge in [0.2, 0.25) is 5.91 Å². The van der Waals surface area contributed by atoms with Crippen LogP contribution in [0.3, 0.4) is 0 Å². The van der Waals surface area contributed by atoms with Crippen molar-refractivity contribution in [1.29, 1.82) is 0 Å². The molecule has 5 heteroatoms. The summed E-state index contributed by atoms with van der Waals surface area (Å²) in [4.78, 5) is 12.9. The number of likely N-dealkylation sites (tertiary alicyclic amines) is 1. The minimum absolute atomic E-state index is 0.00521. The van der Waals surface area contributed by atoms with Gasteiger partial charge in [-0.15, -0.1) is 11.6 Å². The van der Waals surface area contributed by atoms with E-state index in [-0.39, 0.29) is 25.0 Å². The highest BCUT2D eigenvalue weighted by Gasteiger charge is 2.34. The largest absolute Gasteiger partial charge is 0.396 e. The Labute approximate surface area is 88.5 Å². The summed E-state index contributed by atoms with van der Waals surface area (Å²) in [6.07, 6.45) is 1.28. The van der Waals surface area contributed by atoms with E-state index < -0.39 is 5.41 Å². The molecule has 0 bridgehead atoms. The summed E-state index contributed by atoms with van der Waals surface area (Å²) in [5.41, 5.74) is -0.400. The van der Waals surface area contributed by atoms with Gasteiger partial charge in [0.05, 0.1) is 13.2 Å². The van der Waals surface area contributed by atoms with E-state index in [0.717, 1.165) is 0 Å². The molecule has 0 aromatic heterocycles. The van der Waals surface area contributed by atoms with E-state index in [0.29, 0.717) is 25.9 Å². The summed E-state index contributed by atoms with van der Waals surface area (Å²) in [5, 5.41) is 18.3. The van der Waals surface area contributed by atoms with Crippen molar-refractivity contribution in [2.75, 3.05) is 32.2 Å². The molecule has 1 heterocycles. The Kier molecular flexibility index (Phi) is 4.16. The van der Waals surface area contributed by atoms with Crippen LogP contribution in [-0.2, 0) is 4.79 Å². The lowest BCUT2D eigenvalue weighted by Crippen LogP contribution is -2.46. The normalized spacial score (nSPS) is 20.9. The van der Waals surface area contributed by atoms with Crippen molar-refractivity contribution in [2.24, 2.45) is 5.41 Å². The number of rotatable bonds is 3. The maximum absolute atomic E-state index is 11.2. The first kappa shape index (κ1) is 11.8. The van der Waals surface area contributed by atoms with Gasteiger partial charge in [-0.25, -0.2) is 0 Å². The molecule has 1 saturated heterocycles. The van der Waals surface area contributed by atoms with Gasteiger partial charge in [0, 0.05) is 18.5 Å². The molecule has 82 valence electrons. The molecule has 4 nitrogen and oxygen atoms in total. The van der Waals surface area contributed by atoms with E-state index in [2.05, 4.69) is 0 Å². The number of aliphatic hydroxyl groups is 2. The lowest BCUT2D eigenvalue weighted by molar-refractivity contribution is -0.132. The highest BCUT2D eigenvalue weighted by atomic mass is 35.5. The molecule has 0 aliphatic carbocycles. The van der Waals surface area contributed by atoms with Crippen molar-refractivity contribution in [3.8, 4) is 0 Å². The maximum atomic E-state index is 11.2. The third kappa shape index (κ3) is 2.38. The first-order valence-electron chi connectivity index (χ1n) is 4.73. The third-order valence-corrected chi connectivity index (χ3v) is 3.19. The Balaban J connectivity index is 2.48. The smallest absolute Gasteiger partial charge is 0.237 e. The van der Waals surface area contributed by atoms with Gasteiger partial charge in [-0.2, -0.15) is 0 Å². The fourth-order valence-electron chi connectivity index (χ4n) is 1.68. The van der Waals surface area contributed by atoms with Gasteiger partial charge in [0.1, 0.15) is 5.88 Å². The van der Waals surface area contributed by atoms with Crippen LogP contribution < -0.4 is 0 Å². The van der Waals surface area contributed by atoms with E-state index in [1.165, 1.54) is 0 Å². The molecule has 1 fully saturated rings. The second kappa shape index (κ2) is 4.96. The Morgan fingerprint density at radius 3 is 2.14 bits per heavy atom. The molecular weight excluding hydrogens is 206 g/mol. The van der Waals surface area contributed by atoms with Gasteiger partial charge < -0.3 is 15.1 Å². The van der Waals surface area contributed by atoms with Crippen molar-refractivity contribution in [3.05, 3.63) is 0 Å². The van der Waals surface area contributed by atoms with Crippen molar-refractivity contribution < 1.29 is 15.0 Å². The molecule has 1 rings (SSSR count). The Hall–Kier alpha value is -0.320. The van der Waals surface area contributed by atoms with Gasteiger partial charge >= 0.3 is 0 Å². The summed E-state index contributed by atoms with van der Waals surface area (Å²) in [7, 11) is 0. The molecule has 0 unspecified atom stereocenters. The predicted octanol–water partition coefficient (Wildman–Crippen LogP) is -0.181. The number of amides is 1. The molecule has 0 spiro atoms. The number of hydrogen-bond donors (Lipinski definition) is 2. The molecule has 0 saturated carbocycles. The second-order valence-electron chi connectivity index (χ2n) is 3.83. The molecule has 2 N–H and O–H groups in total. The van der Waals surface area contributed by atoms with E-state index in [1.807, 2.05) is 0 Å². The number of carbonyl (C=O) groups excluding carboxylic acids is 1. The predicted molar refractivity (Wildman–Crippen MR) is 53.1 cm³/mol. The van der Waals surface area contributed by atoms with Crippen molar-refractivity contribution in [3.63, 3.8) is 0 Å². The summed E-state index contributed by atoms with van der Waals surface area (Å²) in [6.45, 7) is 1.11. The van der Waals surface area contributed by atoms with Crippen LogP contribution in [0.4, 0.5) is 0 Å². The molecule has 1 aliphatic rings. The zero-order valence-corrected chi connectivity index (χ0v) is 8.83. The Bertz CT molecular complexity index is 196.